The number of nitrogens with one attached hydrogen (secondary N) is 1. The Bertz CT molecular complexity index is 207. The molecule has 0 saturated carbocycles. The molecule has 3 N–H and O–H groups in total. The first-order chi connectivity index (χ1) is 5.66. The van der Waals surface area contributed by atoms with Gasteiger partial charge in [0.15, 0.2) is 5.11 Å². The van der Waals surface area contributed by atoms with E-state index >= 15 is 0 Å². The number of thiocarbonyl (C=S) groups is 1. The number of carbonyl (C=O) groups excluding carboxylic acids is 1. The van der Waals surface area contributed by atoms with Gasteiger partial charge in [-0.05, 0) is 18.6 Å². The Morgan fingerprint density at radius 2 is 2.58 bits per heavy atom. The van der Waals surface area contributed by atoms with Crippen LogP contribution < -0.4 is 11.1 Å². The van der Waals surface area contributed by atoms with Crippen LogP contribution in [-0.2, 0) is 4.79 Å². The van der Waals surface area contributed by atoms with Crippen molar-refractivity contribution >= 4 is 23.2 Å². The van der Waals surface area contributed by atoms with E-state index in [1.807, 2.05) is 6.92 Å². The number of piperazine rings is 1. The van der Waals surface area contributed by atoms with Gasteiger partial charge < -0.3 is 16.0 Å². The second kappa shape index (κ2) is 3.71. The summed E-state index contributed by atoms with van der Waals surface area (Å²) in [6.45, 7) is 3.30. The Labute approximate surface area is 77.1 Å². The van der Waals surface area contributed by atoms with Crippen LogP contribution in [0.1, 0.15) is 13.3 Å². The highest BCUT2D eigenvalue weighted by Crippen LogP contribution is 2.07. The van der Waals surface area contributed by atoms with Crippen LogP contribution in [0, 0.1) is 0 Å². The van der Waals surface area contributed by atoms with Crippen LogP contribution in [0.15, 0.2) is 0 Å². The van der Waals surface area contributed by atoms with Crippen LogP contribution in [-0.4, -0.2) is 35.1 Å². The van der Waals surface area contributed by atoms with Gasteiger partial charge >= 0.3 is 0 Å². The second-order valence-corrected chi connectivity index (χ2v) is 3.16. The first-order valence-corrected chi connectivity index (χ1v) is 4.41. The highest BCUT2D eigenvalue weighted by atomic mass is 32.1. The third-order valence-corrected chi connectivity index (χ3v) is 2.24. The molecule has 5 heteroatoms. The van der Waals surface area contributed by atoms with Gasteiger partial charge in [0.25, 0.3) is 0 Å². The maximum absolute atomic E-state index is 11.3. The standard InChI is InChI=1S/C7H13N3OS/c1-2-5-6(11)9-3-4-10(5)7(8)12/h5H,2-4H2,1H3,(H2,8,12)(H,9,11)/t5-/m1/s1. The van der Waals surface area contributed by atoms with Gasteiger partial charge in [-0.3, -0.25) is 4.79 Å². The zero-order valence-corrected chi connectivity index (χ0v) is 7.86. The summed E-state index contributed by atoms with van der Waals surface area (Å²) in [5.41, 5.74) is 5.47. The Balaban J connectivity index is 2.70. The van der Waals surface area contributed by atoms with Gasteiger partial charge in [0, 0.05) is 13.1 Å². The lowest BCUT2D eigenvalue weighted by atomic mass is 10.1. The SMILES string of the molecule is CC[C@@H]1C(=O)NCCN1C(N)=S. The lowest BCUT2D eigenvalue weighted by Crippen LogP contribution is -2.58. The predicted octanol–water partition coefficient (Wildman–Crippen LogP) is -0.560. The van der Waals surface area contributed by atoms with Crippen molar-refractivity contribution in [1.82, 2.24) is 10.2 Å². The minimum absolute atomic E-state index is 0.0246. The van der Waals surface area contributed by atoms with Crippen LogP contribution in [0.5, 0.6) is 0 Å². The summed E-state index contributed by atoms with van der Waals surface area (Å²) in [5.74, 6) is 0.0246. The Hall–Kier alpha value is -0.840. The molecule has 0 radical (unpaired) electrons. The molecule has 0 aromatic carbocycles. The number of nitrogens with two attached hydrogens (primary N) is 1. The Morgan fingerprint density at radius 1 is 1.92 bits per heavy atom. The van der Waals surface area contributed by atoms with E-state index in [4.69, 9.17) is 18.0 Å². The van der Waals surface area contributed by atoms with E-state index in [0.29, 0.717) is 11.7 Å². The fourth-order valence-corrected chi connectivity index (χ4v) is 1.60. The van der Waals surface area contributed by atoms with E-state index in [0.717, 1.165) is 13.0 Å². The molecule has 1 aliphatic heterocycles. The van der Waals surface area contributed by atoms with E-state index in [-0.39, 0.29) is 11.9 Å². The molecule has 68 valence electrons. The first kappa shape index (κ1) is 9.25. The summed E-state index contributed by atoms with van der Waals surface area (Å²) in [7, 11) is 0. The quantitative estimate of drug-likeness (QED) is 0.540. The monoisotopic (exact) mass is 187 g/mol. The molecule has 1 atom stereocenters. The molecule has 1 heterocycles. The number of amides is 1. The molecule has 0 bridgehead atoms. The fraction of sp³-hybridized carbons (Fsp3) is 0.714. The molecule has 1 aliphatic rings. The number of carbonyl (C=O) groups is 1. The normalized spacial score (nSPS) is 23.6. The zero-order chi connectivity index (χ0) is 9.14. The molecule has 0 aromatic heterocycles. The van der Waals surface area contributed by atoms with Crippen molar-refractivity contribution in [3.63, 3.8) is 0 Å². The summed E-state index contributed by atoms with van der Waals surface area (Å²) in [4.78, 5) is 13.0. The highest BCUT2D eigenvalue weighted by Gasteiger charge is 2.28. The van der Waals surface area contributed by atoms with Gasteiger partial charge in [0.05, 0.1) is 0 Å². The minimum atomic E-state index is -0.170. The Kier molecular flexibility index (Phi) is 2.86. The van der Waals surface area contributed by atoms with Crippen molar-refractivity contribution in [2.24, 2.45) is 5.73 Å². The topological polar surface area (TPSA) is 58.4 Å². The van der Waals surface area contributed by atoms with Crippen LogP contribution >= 0.6 is 12.2 Å². The zero-order valence-electron chi connectivity index (χ0n) is 7.04. The summed E-state index contributed by atoms with van der Waals surface area (Å²) >= 11 is 4.84. The van der Waals surface area contributed by atoms with Crippen molar-refractivity contribution < 1.29 is 4.79 Å². The number of nitrogens with zero attached hydrogens (tertiary/aromatic N) is 1. The lowest BCUT2D eigenvalue weighted by molar-refractivity contribution is -0.127. The van der Waals surface area contributed by atoms with Gasteiger partial charge in [-0.2, -0.15) is 0 Å². The molecule has 1 rings (SSSR count). The average Bonchev–Trinajstić information content (AvgIpc) is 2.03. The number of rotatable bonds is 1. The molecule has 1 saturated heterocycles. The van der Waals surface area contributed by atoms with Gasteiger partial charge in [0.2, 0.25) is 5.91 Å². The third kappa shape index (κ3) is 1.66. The first-order valence-electron chi connectivity index (χ1n) is 4.00. The van der Waals surface area contributed by atoms with E-state index in [2.05, 4.69) is 5.32 Å². The fourth-order valence-electron chi connectivity index (χ4n) is 1.38. The molecule has 0 aliphatic carbocycles. The van der Waals surface area contributed by atoms with Crippen LogP contribution in [0.4, 0.5) is 0 Å². The Morgan fingerprint density at radius 3 is 3.00 bits per heavy atom. The third-order valence-electron chi connectivity index (χ3n) is 2.00. The average molecular weight is 187 g/mol. The van der Waals surface area contributed by atoms with E-state index in [1.54, 1.807) is 4.90 Å². The molecule has 1 amide bonds. The highest BCUT2D eigenvalue weighted by molar-refractivity contribution is 7.80. The molecule has 0 unspecified atom stereocenters. The molecule has 4 nitrogen and oxygen atoms in total. The predicted molar refractivity (Wildman–Crippen MR) is 50.6 cm³/mol. The van der Waals surface area contributed by atoms with E-state index < -0.39 is 0 Å². The summed E-state index contributed by atoms with van der Waals surface area (Å²) in [6.07, 6.45) is 0.739. The summed E-state index contributed by atoms with van der Waals surface area (Å²) in [5, 5.41) is 3.09. The molecule has 1 fully saturated rings. The number of hydrogen-bond donors (Lipinski definition) is 2. The van der Waals surface area contributed by atoms with E-state index in [9.17, 15) is 4.79 Å². The molecule has 0 aromatic rings. The van der Waals surface area contributed by atoms with Crippen molar-refractivity contribution in [2.45, 2.75) is 19.4 Å². The van der Waals surface area contributed by atoms with Crippen LogP contribution in [0.3, 0.4) is 0 Å². The largest absolute Gasteiger partial charge is 0.376 e. The number of hydrogen-bond acceptors (Lipinski definition) is 2. The summed E-state index contributed by atoms with van der Waals surface area (Å²) in [6, 6.07) is -0.170. The van der Waals surface area contributed by atoms with Gasteiger partial charge in [-0.25, -0.2) is 0 Å². The van der Waals surface area contributed by atoms with Gasteiger partial charge in [-0.15, -0.1) is 0 Å². The molecule has 12 heavy (non-hydrogen) atoms. The van der Waals surface area contributed by atoms with Gasteiger partial charge in [0.1, 0.15) is 6.04 Å². The van der Waals surface area contributed by atoms with E-state index in [1.165, 1.54) is 0 Å². The lowest BCUT2D eigenvalue weighted by Gasteiger charge is -2.34. The van der Waals surface area contributed by atoms with Crippen molar-refractivity contribution in [3.05, 3.63) is 0 Å². The molecule has 0 spiro atoms. The van der Waals surface area contributed by atoms with Crippen LogP contribution in [0.25, 0.3) is 0 Å². The van der Waals surface area contributed by atoms with Crippen molar-refractivity contribution in [3.8, 4) is 0 Å². The van der Waals surface area contributed by atoms with Gasteiger partial charge in [-0.1, -0.05) is 6.92 Å². The summed E-state index contributed by atoms with van der Waals surface area (Å²) < 4.78 is 0. The van der Waals surface area contributed by atoms with Crippen molar-refractivity contribution in [2.75, 3.05) is 13.1 Å². The minimum Gasteiger partial charge on any atom is -0.376 e. The maximum Gasteiger partial charge on any atom is 0.242 e. The second-order valence-electron chi connectivity index (χ2n) is 2.75. The maximum atomic E-state index is 11.3. The van der Waals surface area contributed by atoms with Crippen molar-refractivity contribution in [1.29, 1.82) is 0 Å². The molecular formula is C7H13N3OS. The van der Waals surface area contributed by atoms with Crippen LogP contribution in [0.2, 0.25) is 0 Å². The smallest absolute Gasteiger partial charge is 0.242 e. The molecular weight excluding hydrogens is 174 g/mol.